The van der Waals surface area contributed by atoms with Gasteiger partial charge in [0.1, 0.15) is 8.64 Å². The van der Waals surface area contributed by atoms with Crippen LogP contribution < -0.4 is 5.32 Å². The SMILES string of the molecule is C=C(C)[C@H](C)CC(=O)N1CCSC1=S.C=C(C)[C@H](C)CC(=O)O.S=C1NCCS1. The number of thioether (sulfide) groups is 2. The van der Waals surface area contributed by atoms with E-state index in [0.717, 1.165) is 44.4 Å². The Labute approximate surface area is 194 Å². The molecule has 2 aliphatic rings. The molecule has 2 rings (SSSR count). The molecule has 9 heteroatoms. The van der Waals surface area contributed by atoms with E-state index >= 15 is 0 Å². The van der Waals surface area contributed by atoms with Gasteiger partial charge >= 0.3 is 5.97 Å². The molecule has 0 aromatic heterocycles. The lowest BCUT2D eigenvalue weighted by atomic mass is 10.00. The number of hydrogen-bond donors (Lipinski definition) is 2. The smallest absolute Gasteiger partial charge is 0.303 e. The van der Waals surface area contributed by atoms with Gasteiger partial charge in [0, 0.05) is 31.0 Å². The summed E-state index contributed by atoms with van der Waals surface area (Å²) in [6.45, 7) is 17.0. The average Bonchev–Trinajstić information content (AvgIpc) is 3.26. The summed E-state index contributed by atoms with van der Waals surface area (Å²) in [5.41, 5.74) is 1.98. The molecule has 164 valence electrons. The van der Waals surface area contributed by atoms with Crippen molar-refractivity contribution >= 4 is 68.5 Å². The van der Waals surface area contributed by atoms with Crippen molar-refractivity contribution in [2.75, 3.05) is 24.6 Å². The van der Waals surface area contributed by atoms with Gasteiger partial charge < -0.3 is 10.4 Å². The zero-order valence-corrected chi connectivity index (χ0v) is 20.9. The van der Waals surface area contributed by atoms with Crippen LogP contribution in [0.3, 0.4) is 0 Å². The first-order valence-electron chi connectivity index (χ1n) is 9.36. The summed E-state index contributed by atoms with van der Waals surface area (Å²) in [6.07, 6.45) is 0.714. The number of carbonyl (C=O) groups excluding carboxylic acids is 1. The maximum atomic E-state index is 11.8. The van der Waals surface area contributed by atoms with Crippen molar-refractivity contribution in [1.82, 2.24) is 10.2 Å². The van der Waals surface area contributed by atoms with Gasteiger partial charge in [0.25, 0.3) is 0 Å². The number of hydrogen-bond acceptors (Lipinski definition) is 6. The van der Waals surface area contributed by atoms with Gasteiger partial charge in [-0.25, -0.2) is 0 Å². The summed E-state index contributed by atoms with van der Waals surface area (Å²) in [6, 6.07) is 0. The third-order valence-electron chi connectivity index (χ3n) is 4.31. The summed E-state index contributed by atoms with van der Waals surface area (Å²) in [4.78, 5) is 23.5. The molecule has 2 heterocycles. The van der Waals surface area contributed by atoms with Gasteiger partial charge in [-0.2, -0.15) is 0 Å². The summed E-state index contributed by atoms with van der Waals surface area (Å²) >= 11 is 13.2. The number of aliphatic carboxylic acids is 1. The third kappa shape index (κ3) is 13.1. The van der Waals surface area contributed by atoms with Crippen molar-refractivity contribution in [3.8, 4) is 0 Å². The highest BCUT2D eigenvalue weighted by Crippen LogP contribution is 2.21. The summed E-state index contributed by atoms with van der Waals surface area (Å²) in [5, 5.41) is 11.3. The fourth-order valence-electron chi connectivity index (χ4n) is 1.95. The number of amides is 1. The summed E-state index contributed by atoms with van der Waals surface area (Å²) in [7, 11) is 0. The van der Waals surface area contributed by atoms with Gasteiger partial charge in [0.05, 0.1) is 6.42 Å². The predicted molar refractivity (Wildman–Crippen MR) is 135 cm³/mol. The van der Waals surface area contributed by atoms with Crippen molar-refractivity contribution in [3.05, 3.63) is 24.3 Å². The number of nitrogens with zero attached hydrogens (tertiary/aromatic N) is 1. The first-order valence-corrected chi connectivity index (χ1v) is 12.1. The number of carboxylic acid groups (broad SMARTS) is 1. The van der Waals surface area contributed by atoms with E-state index in [4.69, 9.17) is 29.5 Å². The van der Waals surface area contributed by atoms with Crippen LogP contribution in [0.4, 0.5) is 0 Å². The lowest BCUT2D eigenvalue weighted by Gasteiger charge is -2.17. The largest absolute Gasteiger partial charge is 0.481 e. The Hall–Kier alpha value is -0.900. The second kappa shape index (κ2) is 15.0. The molecule has 0 spiro atoms. The van der Waals surface area contributed by atoms with Crippen LogP contribution in [0.2, 0.25) is 0 Å². The van der Waals surface area contributed by atoms with Crippen LogP contribution in [-0.2, 0) is 9.59 Å². The lowest BCUT2D eigenvalue weighted by Crippen LogP contribution is -2.31. The van der Waals surface area contributed by atoms with Gasteiger partial charge in [-0.05, 0) is 25.7 Å². The molecule has 0 aromatic carbocycles. The molecule has 29 heavy (non-hydrogen) atoms. The Kier molecular flexibility index (Phi) is 14.5. The van der Waals surface area contributed by atoms with Gasteiger partial charge in [-0.3, -0.25) is 14.5 Å². The van der Waals surface area contributed by atoms with Gasteiger partial charge in [-0.15, -0.1) is 0 Å². The Morgan fingerprint density at radius 1 is 1.10 bits per heavy atom. The minimum atomic E-state index is -0.759. The molecule has 0 radical (unpaired) electrons. The fourth-order valence-corrected chi connectivity index (χ4v) is 4.14. The van der Waals surface area contributed by atoms with Gasteiger partial charge in [0.15, 0.2) is 0 Å². The van der Waals surface area contributed by atoms with Crippen molar-refractivity contribution in [2.24, 2.45) is 11.8 Å². The Balaban J connectivity index is 0.000000446. The van der Waals surface area contributed by atoms with E-state index in [9.17, 15) is 9.59 Å². The molecule has 2 aliphatic heterocycles. The van der Waals surface area contributed by atoms with Crippen LogP contribution in [0.15, 0.2) is 24.3 Å². The predicted octanol–water partition coefficient (Wildman–Crippen LogP) is 4.73. The van der Waals surface area contributed by atoms with E-state index in [-0.39, 0.29) is 24.2 Å². The molecule has 2 atom stereocenters. The number of allylic oxidation sites excluding steroid dienone is 2. The Morgan fingerprint density at radius 2 is 1.66 bits per heavy atom. The number of carboxylic acids is 1. The monoisotopic (exact) mass is 476 g/mol. The Bertz CT molecular complexity index is 629. The highest BCUT2D eigenvalue weighted by atomic mass is 32.2. The average molecular weight is 477 g/mol. The minimum Gasteiger partial charge on any atom is -0.481 e. The molecule has 5 nitrogen and oxygen atoms in total. The van der Waals surface area contributed by atoms with E-state index < -0.39 is 5.97 Å². The molecule has 2 fully saturated rings. The van der Waals surface area contributed by atoms with E-state index in [2.05, 4.69) is 18.5 Å². The maximum absolute atomic E-state index is 11.8. The number of thiocarbonyl (C=S) groups is 2. The van der Waals surface area contributed by atoms with E-state index in [0.29, 0.717) is 6.42 Å². The fraction of sp³-hybridized carbons (Fsp3) is 0.600. The zero-order chi connectivity index (χ0) is 22.6. The first kappa shape index (κ1) is 28.1. The highest BCUT2D eigenvalue weighted by Gasteiger charge is 2.25. The second-order valence-electron chi connectivity index (χ2n) is 7.02. The molecule has 2 N–H and O–H groups in total. The van der Waals surface area contributed by atoms with E-state index in [1.165, 1.54) is 0 Å². The minimum absolute atomic E-state index is 0.0995. The molecule has 0 bridgehead atoms. The number of nitrogens with one attached hydrogen (secondary N) is 1. The molecule has 0 aromatic rings. The second-order valence-corrected chi connectivity index (χ2v) is 10.5. The molecular formula is C20H32N2O3S4. The highest BCUT2D eigenvalue weighted by molar-refractivity contribution is 8.23. The molecule has 0 unspecified atom stereocenters. The lowest BCUT2D eigenvalue weighted by molar-refractivity contribution is -0.137. The van der Waals surface area contributed by atoms with Gasteiger partial charge in [-0.1, -0.05) is 86.1 Å². The third-order valence-corrected chi connectivity index (χ3v) is 7.05. The van der Waals surface area contributed by atoms with Crippen molar-refractivity contribution < 1.29 is 14.7 Å². The van der Waals surface area contributed by atoms with Crippen molar-refractivity contribution in [2.45, 2.75) is 40.5 Å². The van der Waals surface area contributed by atoms with Crippen molar-refractivity contribution in [1.29, 1.82) is 0 Å². The topological polar surface area (TPSA) is 69.6 Å². The maximum Gasteiger partial charge on any atom is 0.303 e. The molecular weight excluding hydrogens is 444 g/mol. The molecule has 0 saturated carbocycles. The van der Waals surface area contributed by atoms with Crippen LogP contribution in [0, 0.1) is 11.8 Å². The van der Waals surface area contributed by atoms with Crippen LogP contribution in [-0.4, -0.2) is 55.1 Å². The molecule has 2 saturated heterocycles. The normalized spacial score (nSPS) is 17.2. The standard InChI is InChI=1S/C10H15NOS2.C7H12O2.C3H5NS2/c1-7(2)8(3)6-9(12)11-4-5-14-10(11)13;1-5(2)6(3)4-7(8)9;5-3-4-1-2-6-3/h8H,1,4-6H2,2-3H3;6H,1,4H2,2-3H3,(H,8,9);1-2H2,(H,4,5)/t8-;6-;/m11./s1. The van der Waals surface area contributed by atoms with Crippen LogP contribution in [0.1, 0.15) is 40.5 Å². The van der Waals surface area contributed by atoms with E-state index in [1.807, 2.05) is 27.7 Å². The summed E-state index contributed by atoms with van der Waals surface area (Å²) < 4.78 is 1.68. The molecule has 0 aliphatic carbocycles. The van der Waals surface area contributed by atoms with Gasteiger partial charge in [0.2, 0.25) is 5.91 Å². The zero-order valence-electron chi connectivity index (χ0n) is 17.7. The quantitative estimate of drug-likeness (QED) is 0.421. The van der Waals surface area contributed by atoms with Crippen LogP contribution >= 0.6 is 48.0 Å². The van der Waals surface area contributed by atoms with Crippen molar-refractivity contribution in [3.63, 3.8) is 0 Å². The first-order chi connectivity index (χ1) is 13.5. The number of carbonyl (C=O) groups is 2. The Morgan fingerprint density at radius 3 is 1.93 bits per heavy atom. The van der Waals surface area contributed by atoms with E-state index in [1.54, 1.807) is 28.4 Å². The number of rotatable bonds is 6. The van der Waals surface area contributed by atoms with Crippen LogP contribution in [0.5, 0.6) is 0 Å². The van der Waals surface area contributed by atoms with Crippen LogP contribution in [0.25, 0.3) is 0 Å². The summed E-state index contributed by atoms with van der Waals surface area (Å²) in [5.74, 6) is 1.81. The molecule has 1 amide bonds.